The summed E-state index contributed by atoms with van der Waals surface area (Å²) in [5.41, 5.74) is 2.39. The Morgan fingerprint density at radius 2 is 1.83 bits per heavy atom. The summed E-state index contributed by atoms with van der Waals surface area (Å²) in [5, 5.41) is 2.90. The van der Waals surface area contributed by atoms with Gasteiger partial charge in [0.05, 0.1) is 11.7 Å². The van der Waals surface area contributed by atoms with Crippen molar-refractivity contribution in [3.05, 3.63) is 77.4 Å². The molecule has 2 heterocycles. The second kappa shape index (κ2) is 7.31. The molecule has 1 atom stereocenters. The molecular weight excluding hydrogens is 374 g/mol. The molecule has 0 radical (unpaired) electrons. The zero-order valence-electron chi connectivity index (χ0n) is 16.1. The molecule has 3 aromatic rings. The highest BCUT2D eigenvalue weighted by Crippen LogP contribution is 2.40. The minimum Gasteiger partial charge on any atom is -0.345 e. The van der Waals surface area contributed by atoms with Crippen LogP contribution in [0.25, 0.3) is 11.4 Å². The van der Waals surface area contributed by atoms with Crippen molar-refractivity contribution in [1.29, 1.82) is 0 Å². The van der Waals surface area contributed by atoms with Crippen LogP contribution in [0.5, 0.6) is 0 Å². The topological polar surface area (TPSA) is 67.8 Å². The standard InChI is InChI=1S/C22H20F2N4O/c1-22(2)10-18-17(12-26-20(27-18)13-3-5-25-6-4-13)19(11-22)28-21(29)14-7-15(23)9-16(24)8-14/h3-9,12,19H,10-11H2,1-2H3,(H,28,29)/t19-/m0/s1. The lowest BCUT2D eigenvalue weighted by atomic mass is 9.74. The van der Waals surface area contributed by atoms with Crippen LogP contribution in [-0.2, 0) is 6.42 Å². The fraction of sp³-hybridized carbons (Fsp3) is 0.273. The van der Waals surface area contributed by atoms with Gasteiger partial charge >= 0.3 is 0 Å². The maximum Gasteiger partial charge on any atom is 0.251 e. The van der Waals surface area contributed by atoms with Crippen LogP contribution in [0, 0.1) is 17.0 Å². The number of carbonyl (C=O) groups is 1. The summed E-state index contributed by atoms with van der Waals surface area (Å²) in [7, 11) is 0. The number of nitrogens with one attached hydrogen (secondary N) is 1. The zero-order valence-corrected chi connectivity index (χ0v) is 16.1. The van der Waals surface area contributed by atoms with Crippen LogP contribution in [0.1, 0.15) is 47.9 Å². The number of amides is 1. The first-order valence-corrected chi connectivity index (χ1v) is 9.34. The summed E-state index contributed by atoms with van der Waals surface area (Å²) >= 11 is 0. The van der Waals surface area contributed by atoms with Crippen molar-refractivity contribution in [2.24, 2.45) is 5.41 Å². The molecule has 1 amide bonds. The fourth-order valence-electron chi connectivity index (χ4n) is 3.74. The van der Waals surface area contributed by atoms with Crippen LogP contribution in [0.2, 0.25) is 0 Å². The van der Waals surface area contributed by atoms with Gasteiger partial charge in [0.15, 0.2) is 5.82 Å². The van der Waals surface area contributed by atoms with Crippen LogP contribution in [0.15, 0.2) is 48.9 Å². The normalized spacial score (nSPS) is 17.4. The number of pyridine rings is 1. The number of fused-ring (bicyclic) bond motifs is 1. The Hall–Kier alpha value is -3.22. The number of halogens is 2. The molecule has 1 aliphatic rings. The average molecular weight is 394 g/mol. The SMILES string of the molecule is CC1(C)Cc2nc(-c3ccncc3)ncc2[C@@H](NC(=O)c2cc(F)cc(F)c2)C1. The van der Waals surface area contributed by atoms with Crippen molar-refractivity contribution < 1.29 is 13.6 Å². The summed E-state index contributed by atoms with van der Waals surface area (Å²) in [5.74, 6) is -1.51. The first-order chi connectivity index (χ1) is 13.8. The highest BCUT2D eigenvalue weighted by atomic mass is 19.1. The molecule has 1 aromatic carbocycles. The summed E-state index contributed by atoms with van der Waals surface area (Å²) < 4.78 is 27.0. The van der Waals surface area contributed by atoms with Crippen LogP contribution in [-0.4, -0.2) is 20.9 Å². The minimum absolute atomic E-state index is 0.0539. The van der Waals surface area contributed by atoms with Crippen LogP contribution >= 0.6 is 0 Å². The largest absolute Gasteiger partial charge is 0.345 e. The maximum absolute atomic E-state index is 13.5. The molecule has 0 saturated carbocycles. The smallest absolute Gasteiger partial charge is 0.251 e. The zero-order chi connectivity index (χ0) is 20.6. The van der Waals surface area contributed by atoms with E-state index in [0.717, 1.165) is 41.4 Å². The van der Waals surface area contributed by atoms with E-state index in [4.69, 9.17) is 4.98 Å². The quantitative estimate of drug-likeness (QED) is 0.721. The van der Waals surface area contributed by atoms with Crippen molar-refractivity contribution in [1.82, 2.24) is 20.3 Å². The van der Waals surface area contributed by atoms with Crippen LogP contribution < -0.4 is 5.32 Å². The Morgan fingerprint density at radius 1 is 1.14 bits per heavy atom. The van der Waals surface area contributed by atoms with Crippen molar-refractivity contribution in [3.8, 4) is 11.4 Å². The third-order valence-corrected chi connectivity index (χ3v) is 5.05. The Balaban J connectivity index is 1.66. The van der Waals surface area contributed by atoms with Gasteiger partial charge in [-0.15, -0.1) is 0 Å². The monoisotopic (exact) mass is 394 g/mol. The first-order valence-electron chi connectivity index (χ1n) is 9.34. The second-order valence-corrected chi connectivity index (χ2v) is 8.06. The molecule has 2 aromatic heterocycles. The summed E-state index contributed by atoms with van der Waals surface area (Å²) in [6, 6.07) is 6.12. The molecule has 29 heavy (non-hydrogen) atoms. The minimum atomic E-state index is -0.787. The summed E-state index contributed by atoms with van der Waals surface area (Å²) in [6.07, 6.45) is 6.50. The Morgan fingerprint density at radius 3 is 2.52 bits per heavy atom. The Labute approximate surface area is 167 Å². The molecule has 5 nitrogen and oxygen atoms in total. The Bertz CT molecular complexity index is 1050. The molecule has 4 rings (SSSR count). The van der Waals surface area contributed by atoms with E-state index in [-0.39, 0.29) is 17.0 Å². The molecule has 0 aliphatic heterocycles. The van der Waals surface area contributed by atoms with Crippen molar-refractivity contribution in [2.75, 3.05) is 0 Å². The van der Waals surface area contributed by atoms with Crippen LogP contribution in [0.4, 0.5) is 8.78 Å². The van der Waals surface area contributed by atoms with Crippen molar-refractivity contribution in [3.63, 3.8) is 0 Å². The number of aromatic nitrogens is 3. The van der Waals surface area contributed by atoms with E-state index in [1.54, 1.807) is 18.6 Å². The molecule has 1 aliphatic carbocycles. The average Bonchev–Trinajstić information content (AvgIpc) is 2.66. The second-order valence-electron chi connectivity index (χ2n) is 8.06. The molecule has 0 saturated heterocycles. The lowest BCUT2D eigenvalue weighted by molar-refractivity contribution is 0.0918. The van der Waals surface area contributed by atoms with Crippen molar-refractivity contribution >= 4 is 5.91 Å². The van der Waals surface area contributed by atoms with Gasteiger partial charge in [-0.1, -0.05) is 13.8 Å². The van der Waals surface area contributed by atoms with Crippen LogP contribution in [0.3, 0.4) is 0 Å². The number of carbonyl (C=O) groups excluding carboxylic acids is 1. The Kier molecular flexibility index (Phi) is 4.82. The van der Waals surface area contributed by atoms with E-state index in [1.165, 1.54) is 0 Å². The fourth-order valence-corrected chi connectivity index (χ4v) is 3.74. The van der Waals surface area contributed by atoms with Gasteiger partial charge in [0.2, 0.25) is 0 Å². The van der Waals surface area contributed by atoms with Gasteiger partial charge < -0.3 is 5.32 Å². The van der Waals surface area contributed by atoms with E-state index in [0.29, 0.717) is 12.2 Å². The van der Waals surface area contributed by atoms with Crippen molar-refractivity contribution in [2.45, 2.75) is 32.7 Å². The lowest BCUT2D eigenvalue weighted by Gasteiger charge is -2.36. The molecule has 0 unspecified atom stereocenters. The van der Waals surface area contributed by atoms with E-state index < -0.39 is 17.5 Å². The van der Waals surface area contributed by atoms with Gasteiger partial charge in [0.1, 0.15) is 11.6 Å². The summed E-state index contributed by atoms with van der Waals surface area (Å²) in [4.78, 5) is 25.8. The van der Waals surface area contributed by atoms with E-state index >= 15 is 0 Å². The molecule has 0 bridgehead atoms. The highest BCUT2D eigenvalue weighted by Gasteiger charge is 2.34. The van der Waals surface area contributed by atoms with Gasteiger partial charge in [0, 0.05) is 41.3 Å². The highest BCUT2D eigenvalue weighted by molar-refractivity contribution is 5.94. The molecule has 0 spiro atoms. The predicted octanol–water partition coefficient (Wildman–Crippen LogP) is 4.26. The van der Waals surface area contributed by atoms with E-state index in [1.807, 2.05) is 12.1 Å². The van der Waals surface area contributed by atoms with E-state index in [9.17, 15) is 13.6 Å². The molecule has 0 fully saturated rings. The third-order valence-electron chi connectivity index (χ3n) is 5.05. The van der Waals surface area contributed by atoms with E-state index in [2.05, 4.69) is 29.1 Å². The number of hydrogen-bond acceptors (Lipinski definition) is 4. The third kappa shape index (κ3) is 4.13. The lowest BCUT2D eigenvalue weighted by Crippen LogP contribution is -2.37. The number of rotatable bonds is 3. The molecule has 148 valence electrons. The van der Waals surface area contributed by atoms with Gasteiger partial charge in [-0.3, -0.25) is 9.78 Å². The number of nitrogens with zero attached hydrogens (tertiary/aromatic N) is 3. The first kappa shape index (κ1) is 19.1. The van der Waals surface area contributed by atoms with Gasteiger partial charge in [-0.05, 0) is 42.5 Å². The molecule has 7 heteroatoms. The summed E-state index contributed by atoms with van der Waals surface area (Å²) in [6.45, 7) is 4.20. The van der Waals surface area contributed by atoms with Gasteiger partial charge in [0.25, 0.3) is 5.91 Å². The molecular formula is C22H20F2N4O. The number of hydrogen-bond donors (Lipinski definition) is 1. The maximum atomic E-state index is 13.5. The molecule has 1 N–H and O–H groups in total. The van der Waals surface area contributed by atoms with Gasteiger partial charge in [-0.2, -0.15) is 0 Å². The number of benzene rings is 1. The predicted molar refractivity (Wildman–Crippen MR) is 104 cm³/mol. The van der Waals surface area contributed by atoms with Gasteiger partial charge in [-0.25, -0.2) is 18.7 Å².